The minimum atomic E-state index is -0.240. The average Bonchev–Trinajstić information content (AvgIpc) is 3.48. The minimum absolute atomic E-state index is 0.110. The lowest BCUT2D eigenvalue weighted by Gasteiger charge is -2.23. The van der Waals surface area contributed by atoms with Crippen LogP contribution in [0.2, 0.25) is 0 Å². The van der Waals surface area contributed by atoms with Gasteiger partial charge in [0, 0.05) is 35.1 Å². The van der Waals surface area contributed by atoms with Gasteiger partial charge in [0.05, 0.1) is 14.2 Å². The molecule has 5 rings (SSSR count). The number of fused-ring (bicyclic) bond motifs is 1. The molecule has 0 saturated carbocycles. The van der Waals surface area contributed by atoms with Gasteiger partial charge in [0.2, 0.25) is 11.0 Å². The van der Waals surface area contributed by atoms with Crippen molar-refractivity contribution in [1.29, 1.82) is 0 Å². The predicted octanol–water partition coefficient (Wildman–Crippen LogP) is 6.85. The summed E-state index contributed by atoms with van der Waals surface area (Å²) in [7, 11) is 3.19. The summed E-state index contributed by atoms with van der Waals surface area (Å²) in [6.45, 7) is 0.657. The second kappa shape index (κ2) is 13.6. The van der Waals surface area contributed by atoms with Crippen molar-refractivity contribution in [2.75, 3.05) is 32.6 Å². The Morgan fingerprint density at radius 2 is 1.62 bits per heavy atom. The van der Waals surface area contributed by atoms with Gasteiger partial charge < -0.3 is 19.7 Å². The van der Waals surface area contributed by atoms with Crippen LogP contribution in [0.15, 0.2) is 89.4 Å². The summed E-state index contributed by atoms with van der Waals surface area (Å²) in [5, 5.41) is 14.3. The van der Waals surface area contributed by atoms with Gasteiger partial charge in [-0.3, -0.25) is 9.59 Å². The molecule has 0 aliphatic rings. The largest absolute Gasteiger partial charge is 0.493 e. The van der Waals surface area contributed by atoms with Crippen molar-refractivity contribution in [2.45, 2.75) is 12.8 Å². The van der Waals surface area contributed by atoms with Crippen LogP contribution < -0.4 is 14.8 Å². The van der Waals surface area contributed by atoms with Gasteiger partial charge in [-0.15, -0.1) is 10.2 Å². The maximum atomic E-state index is 13.7. The van der Waals surface area contributed by atoms with Crippen molar-refractivity contribution in [3.05, 3.63) is 101 Å². The van der Waals surface area contributed by atoms with Gasteiger partial charge in [0.1, 0.15) is 5.01 Å². The molecule has 0 atom stereocenters. The number of benzene rings is 4. The van der Waals surface area contributed by atoms with Gasteiger partial charge in [0.15, 0.2) is 11.5 Å². The van der Waals surface area contributed by atoms with Gasteiger partial charge in [-0.05, 0) is 59.2 Å². The molecular formula is C32H29BrN4O4S. The summed E-state index contributed by atoms with van der Waals surface area (Å²) < 4.78 is 11.8. The highest BCUT2D eigenvalue weighted by molar-refractivity contribution is 9.10. The van der Waals surface area contributed by atoms with Crippen LogP contribution in [-0.4, -0.2) is 54.2 Å². The van der Waals surface area contributed by atoms with E-state index in [4.69, 9.17) is 9.47 Å². The van der Waals surface area contributed by atoms with E-state index in [1.807, 2.05) is 84.9 Å². The highest BCUT2D eigenvalue weighted by Gasteiger charge is 2.19. The Labute approximate surface area is 256 Å². The van der Waals surface area contributed by atoms with Gasteiger partial charge in [-0.1, -0.05) is 75.8 Å². The van der Waals surface area contributed by atoms with E-state index in [0.29, 0.717) is 40.2 Å². The van der Waals surface area contributed by atoms with Crippen molar-refractivity contribution in [3.8, 4) is 22.1 Å². The topological polar surface area (TPSA) is 93.6 Å². The number of hydrogen-bond donors (Lipinski definition) is 1. The van der Waals surface area contributed by atoms with E-state index in [0.717, 1.165) is 26.4 Å². The number of aromatic nitrogens is 2. The summed E-state index contributed by atoms with van der Waals surface area (Å²) in [6.07, 6.45) is 0.687. The highest BCUT2D eigenvalue weighted by Crippen LogP contribution is 2.29. The average molecular weight is 646 g/mol. The lowest BCUT2D eigenvalue weighted by Crippen LogP contribution is -2.35. The highest BCUT2D eigenvalue weighted by atomic mass is 79.9. The fourth-order valence-corrected chi connectivity index (χ4v) is 5.55. The molecule has 5 aromatic rings. The lowest BCUT2D eigenvalue weighted by molar-refractivity contribution is -0.116. The summed E-state index contributed by atoms with van der Waals surface area (Å²) in [6, 6.07) is 27.0. The molecule has 0 aliphatic carbocycles. The normalized spacial score (nSPS) is 10.8. The van der Waals surface area contributed by atoms with Crippen molar-refractivity contribution < 1.29 is 19.1 Å². The number of amides is 2. The van der Waals surface area contributed by atoms with Crippen molar-refractivity contribution in [3.63, 3.8) is 0 Å². The Morgan fingerprint density at radius 3 is 2.38 bits per heavy atom. The number of nitrogens with zero attached hydrogens (tertiary/aromatic N) is 3. The summed E-state index contributed by atoms with van der Waals surface area (Å²) >= 11 is 4.73. The van der Waals surface area contributed by atoms with E-state index in [9.17, 15) is 9.59 Å². The van der Waals surface area contributed by atoms with Crippen molar-refractivity contribution in [2.24, 2.45) is 0 Å². The molecule has 0 saturated heterocycles. The molecule has 0 aliphatic heterocycles. The Hall–Kier alpha value is -4.28. The van der Waals surface area contributed by atoms with Crippen LogP contribution >= 0.6 is 27.3 Å². The quantitative estimate of drug-likeness (QED) is 0.169. The van der Waals surface area contributed by atoms with E-state index in [1.165, 1.54) is 11.3 Å². The lowest BCUT2D eigenvalue weighted by atomic mass is 10.1. The smallest absolute Gasteiger partial charge is 0.253 e. The molecule has 214 valence electrons. The van der Waals surface area contributed by atoms with Crippen LogP contribution in [0.1, 0.15) is 22.3 Å². The Balaban J connectivity index is 1.29. The van der Waals surface area contributed by atoms with E-state index in [-0.39, 0.29) is 24.8 Å². The van der Waals surface area contributed by atoms with Gasteiger partial charge >= 0.3 is 0 Å². The number of rotatable bonds is 11. The van der Waals surface area contributed by atoms with E-state index in [1.54, 1.807) is 19.1 Å². The molecule has 1 aromatic heterocycles. The number of anilines is 1. The zero-order valence-electron chi connectivity index (χ0n) is 23.2. The molecule has 0 fully saturated rings. The zero-order chi connectivity index (χ0) is 29.5. The number of halogens is 1. The zero-order valence-corrected chi connectivity index (χ0v) is 25.6. The second-order valence-electron chi connectivity index (χ2n) is 9.51. The molecule has 4 aromatic carbocycles. The molecule has 0 radical (unpaired) electrons. The summed E-state index contributed by atoms with van der Waals surface area (Å²) in [4.78, 5) is 28.4. The second-order valence-corrected chi connectivity index (χ2v) is 11.4. The molecule has 1 N–H and O–H groups in total. The number of nitrogens with one attached hydrogen (secondary N) is 1. The van der Waals surface area contributed by atoms with E-state index >= 15 is 0 Å². The van der Waals surface area contributed by atoms with Crippen molar-refractivity contribution in [1.82, 2.24) is 15.1 Å². The fraction of sp³-hybridized carbons (Fsp3) is 0.188. The van der Waals surface area contributed by atoms with E-state index < -0.39 is 0 Å². The molecule has 0 spiro atoms. The third-order valence-corrected chi connectivity index (χ3v) is 8.19. The van der Waals surface area contributed by atoms with Gasteiger partial charge in [-0.2, -0.15) is 0 Å². The summed E-state index contributed by atoms with van der Waals surface area (Å²) in [5.74, 6) is 0.890. The predicted molar refractivity (Wildman–Crippen MR) is 169 cm³/mol. The molecule has 10 heteroatoms. The Morgan fingerprint density at radius 1 is 0.857 bits per heavy atom. The molecule has 2 amide bonds. The monoisotopic (exact) mass is 644 g/mol. The molecule has 1 heterocycles. The summed E-state index contributed by atoms with van der Waals surface area (Å²) in [5.41, 5.74) is 2.48. The molecular weight excluding hydrogens is 616 g/mol. The van der Waals surface area contributed by atoms with Crippen LogP contribution in [0.3, 0.4) is 0 Å². The first-order chi connectivity index (χ1) is 20.4. The maximum absolute atomic E-state index is 13.7. The Kier molecular flexibility index (Phi) is 9.45. The third kappa shape index (κ3) is 7.13. The first-order valence-corrected chi connectivity index (χ1v) is 14.9. The van der Waals surface area contributed by atoms with Crippen LogP contribution in [0.4, 0.5) is 5.13 Å². The maximum Gasteiger partial charge on any atom is 0.253 e. The minimum Gasteiger partial charge on any atom is -0.493 e. The van der Waals surface area contributed by atoms with E-state index in [2.05, 4.69) is 31.4 Å². The van der Waals surface area contributed by atoms with Gasteiger partial charge in [0.25, 0.3) is 5.91 Å². The molecule has 0 bridgehead atoms. The molecule has 8 nitrogen and oxygen atoms in total. The Bertz CT molecular complexity index is 1710. The number of ether oxygens (including phenoxy) is 2. The molecule has 0 unspecified atom stereocenters. The first-order valence-electron chi connectivity index (χ1n) is 13.3. The number of carbonyl (C=O) groups excluding carboxylic acids is 2. The van der Waals surface area contributed by atoms with Crippen molar-refractivity contribution >= 4 is 55.0 Å². The molecule has 42 heavy (non-hydrogen) atoms. The number of hydrogen-bond acceptors (Lipinski definition) is 7. The third-order valence-electron chi connectivity index (χ3n) is 6.77. The first kappa shape index (κ1) is 29.2. The number of methoxy groups -OCH3 is 2. The van der Waals surface area contributed by atoms with Crippen LogP contribution in [0.5, 0.6) is 11.5 Å². The fourth-order valence-electron chi connectivity index (χ4n) is 4.52. The number of carbonyl (C=O) groups is 2. The van der Waals surface area contributed by atoms with Crippen LogP contribution in [-0.2, 0) is 11.2 Å². The standard InChI is InChI=1S/C32H29BrN4O4S/c1-40-27-14-7-21(19-28(27)41-2)15-17-37(31(39)25-9-8-22-5-3-4-6-24(22)20-25)18-16-29(38)34-32-36-35-30(42-32)23-10-12-26(33)13-11-23/h3-14,19-20H,15-18H2,1-2H3,(H,34,36,38). The SMILES string of the molecule is COc1ccc(CCN(CCC(=O)Nc2nnc(-c3ccc(Br)cc3)s2)C(=O)c2ccc3ccccc3c2)cc1OC. The van der Waals surface area contributed by atoms with Crippen LogP contribution in [0, 0.1) is 0 Å². The van der Waals surface area contributed by atoms with Gasteiger partial charge in [-0.25, -0.2) is 0 Å². The van der Waals surface area contributed by atoms with Crippen LogP contribution in [0.25, 0.3) is 21.3 Å².